The van der Waals surface area contributed by atoms with E-state index in [1.807, 2.05) is 14.1 Å². The monoisotopic (exact) mass is 308 g/mol. The molecule has 0 atom stereocenters. The number of nitrogens with zero attached hydrogens (tertiary/aromatic N) is 3. The van der Waals surface area contributed by atoms with Gasteiger partial charge in [0.15, 0.2) is 5.76 Å². The molecule has 0 unspecified atom stereocenters. The fourth-order valence-electron chi connectivity index (χ4n) is 2.37. The highest BCUT2D eigenvalue weighted by Crippen LogP contribution is 2.09. The summed E-state index contributed by atoms with van der Waals surface area (Å²) in [5.74, 6) is 0.234. The highest BCUT2D eigenvalue weighted by atomic mass is 16.3. The van der Waals surface area contributed by atoms with Crippen molar-refractivity contribution in [3.63, 3.8) is 0 Å². The molecule has 1 aliphatic heterocycles. The Kier molecular flexibility index (Phi) is 5.83. The van der Waals surface area contributed by atoms with Gasteiger partial charge in [-0.05, 0) is 39.2 Å². The van der Waals surface area contributed by atoms with Gasteiger partial charge >= 0.3 is 6.03 Å². The van der Waals surface area contributed by atoms with Crippen LogP contribution in [-0.2, 0) is 0 Å². The third kappa shape index (κ3) is 4.49. The Labute approximate surface area is 130 Å². The number of furan rings is 1. The predicted octanol–water partition coefficient (Wildman–Crippen LogP) is 0.699. The molecule has 3 amide bonds. The Bertz CT molecular complexity index is 479. The summed E-state index contributed by atoms with van der Waals surface area (Å²) in [7, 11) is 4.02. The molecule has 122 valence electrons. The van der Waals surface area contributed by atoms with Crippen LogP contribution in [0.25, 0.3) is 0 Å². The van der Waals surface area contributed by atoms with Gasteiger partial charge in [0.2, 0.25) is 0 Å². The van der Waals surface area contributed by atoms with Crippen molar-refractivity contribution in [2.45, 2.75) is 6.42 Å². The molecule has 1 saturated heterocycles. The molecule has 7 nitrogen and oxygen atoms in total. The SMILES string of the molecule is CN(C)CCCNC(=O)N1CCN(C(=O)c2ccco2)CC1. The van der Waals surface area contributed by atoms with Crippen LogP contribution >= 0.6 is 0 Å². The molecular weight excluding hydrogens is 284 g/mol. The van der Waals surface area contributed by atoms with Gasteiger partial charge in [-0.3, -0.25) is 4.79 Å². The molecule has 1 N–H and O–H groups in total. The zero-order chi connectivity index (χ0) is 15.9. The second-order valence-electron chi connectivity index (χ2n) is 5.65. The van der Waals surface area contributed by atoms with E-state index in [0.29, 0.717) is 38.5 Å². The van der Waals surface area contributed by atoms with Crippen LogP contribution < -0.4 is 5.32 Å². The van der Waals surface area contributed by atoms with Gasteiger partial charge in [-0.1, -0.05) is 0 Å². The Hall–Kier alpha value is -2.02. The normalized spacial score (nSPS) is 15.2. The number of hydrogen-bond acceptors (Lipinski definition) is 4. The minimum absolute atomic E-state index is 0.0520. The average molecular weight is 308 g/mol. The zero-order valence-electron chi connectivity index (χ0n) is 13.2. The molecule has 1 aromatic rings. The van der Waals surface area contributed by atoms with Crippen LogP contribution in [-0.4, -0.2) is 80.0 Å². The van der Waals surface area contributed by atoms with E-state index in [1.54, 1.807) is 21.9 Å². The molecule has 1 aliphatic rings. The first-order valence-electron chi connectivity index (χ1n) is 7.58. The van der Waals surface area contributed by atoms with Crippen molar-refractivity contribution in [2.24, 2.45) is 0 Å². The van der Waals surface area contributed by atoms with Gasteiger partial charge < -0.3 is 24.4 Å². The van der Waals surface area contributed by atoms with Gasteiger partial charge in [0.1, 0.15) is 0 Å². The van der Waals surface area contributed by atoms with E-state index in [-0.39, 0.29) is 11.9 Å². The molecule has 2 heterocycles. The van der Waals surface area contributed by atoms with E-state index in [9.17, 15) is 9.59 Å². The van der Waals surface area contributed by atoms with E-state index in [4.69, 9.17) is 4.42 Å². The first-order chi connectivity index (χ1) is 10.6. The molecular formula is C15H24N4O3. The summed E-state index contributed by atoms with van der Waals surface area (Å²) in [5, 5.41) is 2.92. The predicted molar refractivity (Wildman–Crippen MR) is 82.8 cm³/mol. The minimum atomic E-state index is -0.115. The number of nitrogens with one attached hydrogen (secondary N) is 1. The van der Waals surface area contributed by atoms with Crippen molar-refractivity contribution in [1.29, 1.82) is 0 Å². The fraction of sp³-hybridized carbons (Fsp3) is 0.600. The lowest BCUT2D eigenvalue weighted by Gasteiger charge is -2.34. The highest BCUT2D eigenvalue weighted by molar-refractivity contribution is 5.91. The largest absolute Gasteiger partial charge is 0.459 e. The molecule has 2 rings (SSSR count). The minimum Gasteiger partial charge on any atom is -0.459 e. The smallest absolute Gasteiger partial charge is 0.317 e. The summed E-state index contributed by atoms with van der Waals surface area (Å²) in [6.07, 6.45) is 2.42. The van der Waals surface area contributed by atoms with Crippen molar-refractivity contribution in [3.8, 4) is 0 Å². The van der Waals surface area contributed by atoms with Crippen LogP contribution in [0.1, 0.15) is 17.0 Å². The third-order valence-electron chi connectivity index (χ3n) is 3.64. The zero-order valence-corrected chi connectivity index (χ0v) is 13.2. The van der Waals surface area contributed by atoms with E-state index >= 15 is 0 Å². The van der Waals surface area contributed by atoms with Crippen molar-refractivity contribution < 1.29 is 14.0 Å². The highest BCUT2D eigenvalue weighted by Gasteiger charge is 2.25. The molecule has 0 saturated carbocycles. The molecule has 0 bridgehead atoms. The van der Waals surface area contributed by atoms with Crippen molar-refractivity contribution in [1.82, 2.24) is 20.0 Å². The lowest BCUT2D eigenvalue weighted by atomic mass is 10.3. The first-order valence-corrected chi connectivity index (χ1v) is 7.58. The van der Waals surface area contributed by atoms with Crippen LogP contribution in [0.5, 0.6) is 0 Å². The molecule has 0 spiro atoms. The van der Waals surface area contributed by atoms with Crippen LogP contribution in [0.4, 0.5) is 4.79 Å². The molecule has 22 heavy (non-hydrogen) atoms. The van der Waals surface area contributed by atoms with Crippen molar-refractivity contribution >= 4 is 11.9 Å². The first kappa shape index (κ1) is 16.4. The lowest BCUT2D eigenvalue weighted by Crippen LogP contribution is -2.53. The van der Waals surface area contributed by atoms with Gasteiger partial charge in [0.05, 0.1) is 6.26 Å². The van der Waals surface area contributed by atoms with Crippen LogP contribution in [0, 0.1) is 0 Å². The number of hydrogen-bond donors (Lipinski definition) is 1. The number of urea groups is 1. The standard InChI is InChI=1S/C15H24N4O3/c1-17(2)7-4-6-16-15(21)19-10-8-18(9-11-19)14(20)13-5-3-12-22-13/h3,5,12H,4,6-11H2,1-2H3,(H,16,21). The second-order valence-corrected chi connectivity index (χ2v) is 5.65. The number of carbonyl (C=O) groups is 2. The Morgan fingerprint density at radius 2 is 1.91 bits per heavy atom. The van der Waals surface area contributed by atoms with E-state index in [0.717, 1.165) is 13.0 Å². The maximum atomic E-state index is 12.1. The van der Waals surface area contributed by atoms with Gasteiger partial charge in [-0.15, -0.1) is 0 Å². The van der Waals surface area contributed by atoms with Crippen LogP contribution in [0.15, 0.2) is 22.8 Å². The van der Waals surface area contributed by atoms with Crippen LogP contribution in [0.2, 0.25) is 0 Å². The maximum absolute atomic E-state index is 12.1. The molecule has 0 aromatic carbocycles. The van der Waals surface area contributed by atoms with Gasteiger partial charge in [-0.2, -0.15) is 0 Å². The maximum Gasteiger partial charge on any atom is 0.317 e. The van der Waals surface area contributed by atoms with E-state index < -0.39 is 0 Å². The average Bonchev–Trinajstić information content (AvgIpc) is 3.05. The quantitative estimate of drug-likeness (QED) is 0.813. The van der Waals surface area contributed by atoms with E-state index in [1.165, 1.54) is 6.26 Å². The van der Waals surface area contributed by atoms with Crippen LogP contribution in [0.3, 0.4) is 0 Å². The van der Waals surface area contributed by atoms with Gasteiger partial charge in [-0.25, -0.2) is 4.79 Å². The summed E-state index contributed by atoms with van der Waals surface area (Å²) in [5.41, 5.74) is 0. The Morgan fingerprint density at radius 3 is 2.50 bits per heavy atom. The number of piperazine rings is 1. The number of carbonyl (C=O) groups excluding carboxylic acids is 2. The van der Waals surface area contributed by atoms with E-state index in [2.05, 4.69) is 10.2 Å². The lowest BCUT2D eigenvalue weighted by molar-refractivity contribution is 0.0634. The fourth-order valence-corrected chi connectivity index (χ4v) is 2.37. The molecule has 0 radical (unpaired) electrons. The Balaban J connectivity index is 1.70. The second kappa shape index (κ2) is 7.84. The topological polar surface area (TPSA) is 69.0 Å². The van der Waals surface area contributed by atoms with Gasteiger partial charge in [0, 0.05) is 32.7 Å². The van der Waals surface area contributed by atoms with Crippen molar-refractivity contribution in [3.05, 3.63) is 24.2 Å². The summed E-state index contributed by atoms with van der Waals surface area (Å²) in [4.78, 5) is 29.7. The molecule has 1 fully saturated rings. The molecule has 0 aliphatic carbocycles. The summed E-state index contributed by atoms with van der Waals surface area (Å²) in [6.45, 7) is 3.78. The molecule has 1 aromatic heterocycles. The number of amides is 3. The summed E-state index contributed by atoms with van der Waals surface area (Å²) in [6, 6.07) is 3.31. The number of rotatable bonds is 5. The van der Waals surface area contributed by atoms with Crippen molar-refractivity contribution in [2.75, 3.05) is 53.4 Å². The Morgan fingerprint density at radius 1 is 1.23 bits per heavy atom. The third-order valence-corrected chi connectivity index (χ3v) is 3.64. The summed E-state index contributed by atoms with van der Waals surface area (Å²) < 4.78 is 5.12. The molecule has 7 heteroatoms. The van der Waals surface area contributed by atoms with Gasteiger partial charge in [0.25, 0.3) is 5.91 Å². The summed E-state index contributed by atoms with van der Waals surface area (Å²) >= 11 is 0.